The van der Waals surface area contributed by atoms with E-state index in [0.717, 1.165) is 16.7 Å². The number of anilines is 2. The normalized spacial score (nSPS) is 14.8. The predicted octanol–water partition coefficient (Wildman–Crippen LogP) is 6.33. The van der Waals surface area contributed by atoms with Crippen molar-refractivity contribution < 1.29 is 28.5 Å². The lowest BCUT2D eigenvalue weighted by atomic mass is 10.1. The molecule has 45 heavy (non-hydrogen) atoms. The van der Waals surface area contributed by atoms with E-state index >= 15 is 0 Å². The predicted molar refractivity (Wildman–Crippen MR) is 171 cm³/mol. The molecule has 0 bridgehead atoms. The Morgan fingerprint density at radius 1 is 0.978 bits per heavy atom. The van der Waals surface area contributed by atoms with Gasteiger partial charge in [-0.3, -0.25) is 29.3 Å². The molecule has 1 aliphatic rings. The summed E-state index contributed by atoms with van der Waals surface area (Å²) < 4.78 is 15.1. The molecule has 0 aromatic heterocycles. The van der Waals surface area contributed by atoms with E-state index in [1.165, 1.54) is 48.5 Å². The third kappa shape index (κ3) is 7.51. The zero-order valence-corrected chi connectivity index (χ0v) is 25.5. The second-order valence-corrected chi connectivity index (χ2v) is 11.9. The van der Waals surface area contributed by atoms with Crippen molar-refractivity contribution in [2.24, 2.45) is 0 Å². The van der Waals surface area contributed by atoms with Crippen LogP contribution < -0.4 is 15.5 Å². The molecule has 226 valence electrons. The fourth-order valence-corrected chi connectivity index (χ4v) is 5.92. The van der Waals surface area contributed by atoms with Crippen LogP contribution in [0.15, 0.2) is 112 Å². The fraction of sp³-hybridized carbons (Fsp3) is 0.0625. The molecule has 1 heterocycles. The van der Waals surface area contributed by atoms with E-state index in [4.69, 9.17) is 0 Å². The Labute approximate surface area is 268 Å². The van der Waals surface area contributed by atoms with Gasteiger partial charge in [-0.1, -0.05) is 40.2 Å². The smallest absolute Gasteiger partial charge is 0.272 e. The molecule has 1 fully saturated rings. The maximum absolute atomic E-state index is 14.6. The second kappa shape index (κ2) is 13.7. The molecular weight excluding hydrogens is 667 g/mol. The first-order valence-electron chi connectivity index (χ1n) is 13.3. The number of imide groups is 1. The van der Waals surface area contributed by atoms with Gasteiger partial charge in [0.1, 0.15) is 11.5 Å². The Bertz CT molecular complexity index is 1850. The molecule has 0 spiro atoms. The van der Waals surface area contributed by atoms with Crippen molar-refractivity contribution in [1.29, 1.82) is 0 Å². The van der Waals surface area contributed by atoms with Gasteiger partial charge in [-0.05, 0) is 66.7 Å². The van der Waals surface area contributed by atoms with Crippen LogP contribution in [0, 0.1) is 15.9 Å². The highest BCUT2D eigenvalue weighted by atomic mass is 79.9. The second-order valence-electron chi connectivity index (χ2n) is 9.68. The van der Waals surface area contributed by atoms with E-state index < -0.39 is 39.6 Å². The lowest BCUT2D eigenvalue weighted by molar-refractivity contribution is -0.384. The molecular formula is C32H22BrFN4O6S. The van der Waals surface area contributed by atoms with Gasteiger partial charge in [0.05, 0.1) is 15.9 Å². The molecule has 10 nitrogen and oxygen atoms in total. The lowest BCUT2D eigenvalue weighted by Gasteiger charge is -2.15. The van der Waals surface area contributed by atoms with E-state index in [9.17, 15) is 33.7 Å². The fourth-order valence-electron chi connectivity index (χ4n) is 4.42. The minimum atomic E-state index is -0.765. The number of nitro benzene ring substituents is 1. The Morgan fingerprint density at radius 2 is 1.71 bits per heavy atom. The average molecular weight is 690 g/mol. The zero-order valence-electron chi connectivity index (χ0n) is 23.1. The first kappa shape index (κ1) is 31.3. The van der Waals surface area contributed by atoms with Crippen LogP contribution in [0.25, 0.3) is 6.08 Å². The standard InChI is InChI=1S/C32H22BrFN4O6S/c33-21-9-14-26(34)20(15-21)16-27(36-30(40)19-5-2-1-3-6-19)31(41)35-22-7-4-8-25(17-22)45-28-18-29(39)37(32(28)42)23-10-12-24(13-11-23)38(43)44/h1-17,28H,18H2,(H,35,41)(H,36,40). The number of halogens is 2. The summed E-state index contributed by atoms with van der Waals surface area (Å²) in [5.74, 6) is -2.82. The van der Waals surface area contributed by atoms with E-state index in [2.05, 4.69) is 26.6 Å². The summed E-state index contributed by atoms with van der Waals surface area (Å²) in [5, 5.41) is 15.4. The third-order valence-corrected chi connectivity index (χ3v) is 8.25. The summed E-state index contributed by atoms with van der Waals surface area (Å²) in [6.45, 7) is 0. The number of carbonyl (C=O) groups excluding carboxylic acids is 4. The van der Waals surface area contributed by atoms with E-state index in [-0.39, 0.29) is 29.1 Å². The van der Waals surface area contributed by atoms with Crippen molar-refractivity contribution in [1.82, 2.24) is 5.32 Å². The number of carbonyl (C=O) groups is 4. The highest BCUT2D eigenvalue weighted by molar-refractivity contribution is 9.10. The number of nitrogens with one attached hydrogen (secondary N) is 2. The van der Waals surface area contributed by atoms with Crippen molar-refractivity contribution in [2.45, 2.75) is 16.6 Å². The summed E-state index contributed by atoms with van der Waals surface area (Å²) in [7, 11) is 0. The van der Waals surface area contributed by atoms with Crippen LogP contribution in [0.1, 0.15) is 22.3 Å². The van der Waals surface area contributed by atoms with Gasteiger partial charge in [0, 0.05) is 44.7 Å². The Hall–Kier alpha value is -5.14. The molecule has 1 saturated heterocycles. The van der Waals surface area contributed by atoms with Gasteiger partial charge in [0.2, 0.25) is 11.8 Å². The van der Waals surface area contributed by atoms with Gasteiger partial charge >= 0.3 is 0 Å². The highest BCUT2D eigenvalue weighted by Gasteiger charge is 2.40. The first-order valence-corrected chi connectivity index (χ1v) is 15.0. The number of benzene rings is 4. The van der Waals surface area contributed by atoms with Crippen LogP contribution in [0.3, 0.4) is 0 Å². The van der Waals surface area contributed by atoms with Crippen molar-refractivity contribution in [3.8, 4) is 0 Å². The monoisotopic (exact) mass is 688 g/mol. The van der Waals surface area contributed by atoms with Crippen molar-refractivity contribution in [2.75, 3.05) is 10.2 Å². The average Bonchev–Trinajstić information content (AvgIpc) is 3.30. The molecule has 2 N–H and O–H groups in total. The Morgan fingerprint density at radius 3 is 2.42 bits per heavy atom. The van der Waals surface area contributed by atoms with Gasteiger partial charge in [0.15, 0.2) is 0 Å². The number of rotatable bonds is 9. The maximum Gasteiger partial charge on any atom is 0.272 e. The summed E-state index contributed by atoms with van der Waals surface area (Å²) in [6.07, 6.45) is 1.14. The Kier molecular flexibility index (Phi) is 9.50. The van der Waals surface area contributed by atoms with Crippen LogP contribution >= 0.6 is 27.7 Å². The number of nitrogens with zero attached hydrogens (tertiary/aromatic N) is 2. The van der Waals surface area contributed by atoms with E-state index in [1.54, 1.807) is 54.6 Å². The molecule has 1 unspecified atom stereocenters. The minimum absolute atomic E-state index is 0.0641. The molecule has 1 aliphatic heterocycles. The van der Waals surface area contributed by atoms with Crippen LogP contribution in [-0.4, -0.2) is 33.8 Å². The van der Waals surface area contributed by atoms with E-state index in [1.807, 2.05) is 0 Å². The topological polar surface area (TPSA) is 139 Å². The summed E-state index contributed by atoms with van der Waals surface area (Å²) >= 11 is 4.41. The molecule has 4 amide bonds. The number of hydrogen-bond acceptors (Lipinski definition) is 7. The number of non-ortho nitro benzene ring substituents is 1. The SMILES string of the molecule is O=C(Nc1cccc(SC2CC(=O)N(c3ccc([N+](=O)[O-])cc3)C2=O)c1)C(=Cc1cc(Br)ccc1F)NC(=O)c1ccccc1. The largest absolute Gasteiger partial charge is 0.321 e. The van der Waals surface area contributed by atoms with Crippen molar-refractivity contribution >= 4 is 74.5 Å². The summed E-state index contributed by atoms with van der Waals surface area (Å²) in [5.41, 5.74) is 0.537. The van der Waals surface area contributed by atoms with Crippen molar-refractivity contribution in [3.63, 3.8) is 0 Å². The van der Waals surface area contributed by atoms with Crippen molar-refractivity contribution in [3.05, 3.63) is 134 Å². The summed E-state index contributed by atoms with van der Waals surface area (Å²) in [4.78, 5) is 64.1. The first-order chi connectivity index (χ1) is 21.6. The molecule has 4 aromatic carbocycles. The molecule has 0 aliphatic carbocycles. The number of hydrogen-bond donors (Lipinski definition) is 2. The summed E-state index contributed by atoms with van der Waals surface area (Å²) in [6, 6.07) is 24.1. The maximum atomic E-state index is 14.6. The van der Waals surface area contributed by atoms with Crippen LogP contribution in [0.2, 0.25) is 0 Å². The quantitative estimate of drug-likeness (QED) is 0.0907. The Balaban J connectivity index is 1.33. The molecule has 13 heteroatoms. The zero-order chi connectivity index (χ0) is 32.1. The van der Waals surface area contributed by atoms with Crippen LogP contribution in [0.4, 0.5) is 21.5 Å². The molecule has 4 aromatic rings. The minimum Gasteiger partial charge on any atom is -0.321 e. The van der Waals surface area contributed by atoms with Gasteiger partial charge in [-0.25, -0.2) is 9.29 Å². The van der Waals surface area contributed by atoms with Gasteiger partial charge in [-0.15, -0.1) is 11.8 Å². The highest BCUT2D eigenvalue weighted by Crippen LogP contribution is 2.35. The number of thioether (sulfide) groups is 1. The van der Waals surface area contributed by atoms with E-state index in [0.29, 0.717) is 20.6 Å². The van der Waals surface area contributed by atoms with Crippen LogP contribution in [0.5, 0.6) is 0 Å². The third-order valence-electron chi connectivity index (χ3n) is 6.58. The van der Waals surface area contributed by atoms with Crippen LogP contribution in [-0.2, 0) is 14.4 Å². The number of amides is 4. The molecule has 0 radical (unpaired) electrons. The molecule has 1 atom stereocenters. The van der Waals surface area contributed by atoms with Gasteiger partial charge in [0.25, 0.3) is 17.5 Å². The lowest BCUT2D eigenvalue weighted by Crippen LogP contribution is -2.31. The molecule has 0 saturated carbocycles. The molecule has 5 rings (SSSR count). The number of nitro groups is 1. The van der Waals surface area contributed by atoms with Gasteiger partial charge < -0.3 is 10.6 Å². The van der Waals surface area contributed by atoms with Gasteiger partial charge in [-0.2, -0.15) is 0 Å².